The normalized spacial score (nSPS) is 16.1. The van der Waals surface area contributed by atoms with Gasteiger partial charge in [-0.25, -0.2) is 9.97 Å². The number of imidazole rings is 1. The van der Waals surface area contributed by atoms with Crippen LogP contribution in [-0.4, -0.2) is 20.4 Å². The summed E-state index contributed by atoms with van der Waals surface area (Å²) < 4.78 is 1.86. The second-order valence-electron chi connectivity index (χ2n) is 5.43. The van der Waals surface area contributed by atoms with E-state index in [0.29, 0.717) is 22.0 Å². The lowest BCUT2D eigenvalue weighted by Crippen LogP contribution is -2.16. The highest BCUT2D eigenvalue weighted by Crippen LogP contribution is 2.31. The van der Waals surface area contributed by atoms with Crippen LogP contribution >= 0.6 is 23.2 Å². The van der Waals surface area contributed by atoms with Gasteiger partial charge in [0.25, 0.3) is 0 Å². The number of nitrogens with one attached hydrogen (secondary N) is 1. The number of fused-ring (bicyclic) bond motifs is 3. The number of rotatable bonds is 2. The zero-order chi connectivity index (χ0) is 14.4. The lowest BCUT2D eigenvalue weighted by Gasteiger charge is -2.14. The molecule has 1 N–H and O–H groups in total. The Hall–Kier alpha value is -1.52. The Bertz CT molecular complexity index is 821. The summed E-state index contributed by atoms with van der Waals surface area (Å²) in [6.45, 7) is 0. The molecule has 108 valence electrons. The monoisotopic (exact) mass is 320 g/mol. The van der Waals surface area contributed by atoms with Crippen molar-refractivity contribution in [2.75, 3.05) is 5.32 Å². The predicted octanol–water partition coefficient (Wildman–Crippen LogP) is 4.54. The van der Waals surface area contributed by atoms with Crippen molar-refractivity contribution in [3.05, 3.63) is 34.6 Å². The molecule has 0 aliphatic heterocycles. The average molecular weight is 321 g/mol. The number of anilines is 1. The largest absolute Gasteiger partial charge is 0.364 e. The molecule has 4 nitrogen and oxygen atoms in total. The van der Waals surface area contributed by atoms with Crippen molar-refractivity contribution < 1.29 is 0 Å². The predicted molar refractivity (Wildman–Crippen MR) is 86.4 cm³/mol. The number of halogens is 2. The van der Waals surface area contributed by atoms with Crippen molar-refractivity contribution in [2.24, 2.45) is 0 Å². The minimum atomic E-state index is 0.310. The first-order chi connectivity index (χ1) is 10.2. The van der Waals surface area contributed by atoms with E-state index in [1.807, 2.05) is 28.7 Å². The van der Waals surface area contributed by atoms with Crippen molar-refractivity contribution in [1.82, 2.24) is 14.4 Å². The Morgan fingerprint density at radius 1 is 1.10 bits per heavy atom. The molecule has 0 radical (unpaired) electrons. The van der Waals surface area contributed by atoms with Crippen molar-refractivity contribution in [1.29, 1.82) is 0 Å². The van der Waals surface area contributed by atoms with Gasteiger partial charge in [-0.1, -0.05) is 48.2 Å². The van der Waals surface area contributed by atoms with Crippen LogP contribution in [0.3, 0.4) is 0 Å². The maximum atomic E-state index is 6.32. The van der Waals surface area contributed by atoms with Gasteiger partial charge in [-0.05, 0) is 25.0 Å². The first-order valence-electron chi connectivity index (χ1n) is 7.13. The van der Waals surface area contributed by atoms with Crippen molar-refractivity contribution in [3.63, 3.8) is 0 Å². The van der Waals surface area contributed by atoms with Gasteiger partial charge in [-0.3, -0.25) is 4.40 Å². The van der Waals surface area contributed by atoms with Gasteiger partial charge in [-0.15, -0.1) is 0 Å². The molecule has 0 unspecified atom stereocenters. The standard InChI is InChI=1S/C15H14Cl2N4/c16-12-13(17)21-11-8-4-3-7-10(11)19-14(15(21)20-12)18-9-5-1-2-6-9/h3-4,7-9H,1-2,5-6H2,(H,18,19). The third kappa shape index (κ3) is 2.14. The fourth-order valence-corrected chi connectivity index (χ4v) is 3.41. The SMILES string of the molecule is Clc1nc2c(NC3CCCC3)nc3ccccc3n2c1Cl. The van der Waals surface area contributed by atoms with Crippen molar-refractivity contribution in [3.8, 4) is 0 Å². The molecule has 0 saturated heterocycles. The fraction of sp³-hybridized carbons (Fsp3) is 0.333. The van der Waals surface area contributed by atoms with Crippen molar-refractivity contribution in [2.45, 2.75) is 31.7 Å². The molecule has 1 fully saturated rings. The van der Waals surface area contributed by atoms with Crippen LogP contribution in [0.25, 0.3) is 16.7 Å². The average Bonchev–Trinajstić information content (AvgIpc) is 3.09. The molecule has 2 aromatic heterocycles. The molecule has 3 aromatic rings. The van der Waals surface area contributed by atoms with E-state index in [4.69, 9.17) is 28.2 Å². The Kier molecular flexibility index (Phi) is 3.16. The Labute approximate surface area is 132 Å². The van der Waals surface area contributed by atoms with Crippen molar-refractivity contribution >= 4 is 45.7 Å². The van der Waals surface area contributed by atoms with Crippen LogP contribution in [0.15, 0.2) is 24.3 Å². The second kappa shape index (κ2) is 5.04. The number of benzene rings is 1. The highest BCUT2D eigenvalue weighted by atomic mass is 35.5. The highest BCUT2D eigenvalue weighted by Gasteiger charge is 2.20. The molecule has 1 saturated carbocycles. The van der Waals surface area contributed by atoms with E-state index < -0.39 is 0 Å². The van der Waals surface area contributed by atoms with Crippen LogP contribution in [0.1, 0.15) is 25.7 Å². The fourth-order valence-electron chi connectivity index (χ4n) is 3.03. The number of nitrogens with zero attached hydrogens (tertiary/aromatic N) is 3. The highest BCUT2D eigenvalue weighted by molar-refractivity contribution is 6.41. The van der Waals surface area contributed by atoms with Gasteiger partial charge in [-0.2, -0.15) is 0 Å². The lowest BCUT2D eigenvalue weighted by molar-refractivity contribution is 0.751. The maximum Gasteiger partial charge on any atom is 0.183 e. The van der Waals surface area contributed by atoms with Gasteiger partial charge in [0.05, 0.1) is 11.0 Å². The molecule has 1 aliphatic carbocycles. The summed E-state index contributed by atoms with van der Waals surface area (Å²) in [5.41, 5.74) is 2.48. The van der Waals surface area contributed by atoms with E-state index in [2.05, 4.69) is 10.3 Å². The van der Waals surface area contributed by atoms with Gasteiger partial charge < -0.3 is 5.32 Å². The zero-order valence-corrected chi connectivity index (χ0v) is 12.8. The van der Waals surface area contributed by atoms with E-state index in [0.717, 1.165) is 16.9 Å². The molecular formula is C15H14Cl2N4. The molecule has 2 heterocycles. The lowest BCUT2D eigenvalue weighted by atomic mass is 10.2. The molecule has 1 aromatic carbocycles. The Morgan fingerprint density at radius 2 is 1.86 bits per heavy atom. The van der Waals surface area contributed by atoms with E-state index in [-0.39, 0.29) is 0 Å². The molecule has 21 heavy (non-hydrogen) atoms. The third-order valence-electron chi connectivity index (χ3n) is 4.05. The van der Waals surface area contributed by atoms with Crippen LogP contribution in [0, 0.1) is 0 Å². The van der Waals surface area contributed by atoms with Crippen LogP contribution in [0.5, 0.6) is 0 Å². The molecule has 1 aliphatic rings. The summed E-state index contributed by atoms with van der Waals surface area (Å²) in [6.07, 6.45) is 4.86. The molecule has 0 amide bonds. The number of para-hydroxylation sites is 2. The summed E-state index contributed by atoms with van der Waals surface area (Å²) in [7, 11) is 0. The minimum absolute atomic E-state index is 0.310. The van der Waals surface area contributed by atoms with Gasteiger partial charge in [0.1, 0.15) is 0 Å². The van der Waals surface area contributed by atoms with Gasteiger partial charge >= 0.3 is 0 Å². The molecular weight excluding hydrogens is 307 g/mol. The summed E-state index contributed by atoms with van der Waals surface area (Å²) >= 11 is 12.4. The molecule has 4 rings (SSSR count). The molecule has 0 bridgehead atoms. The van der Waals surface area contributed by atoms with Gasteiger partial charge in [0.15, 0.2) is 21.8 Å². The molecule has 6 heteroatoms. The van der Waals surface area contributed by atoms with Gasteiger partial charge in [0.2, 0.25) is 0 Å². The first-order valence-corrected chi connectivity index (χ1v) is 7.88. The quantitative estimate of drug-likeness (QED) is 0.753. The smallest absolute Gasteiger partial charge is 0.183 e. The summed E-state index contributed by atoms with van der Waals surface area (Å²) in [4.78, 5) is 9.09. The van der Waals surface area contributed by atoms with Crippen LogP contribution in [0.2, 0.25) is 10.3 Å². The number of hydrogen-bond donors (Lipinski definition) is 1. The van der Waals surface area contributed by atoms with Gasteiger partial charge in [0, 0.05) is 6.04 Å². The van der Waals surface area contributed by atoms with E-state index in [1.54, 1.807) is 0 Å². The summed E-state index contributed by atoms with van der Waals surface area (Å²) in [6, 6.07) is 8.32. The Morgan fingerprint density at radius 3 is 2.67 bits per heavy atom. The topological polar surface area (TPSA) is 42.2 Å². The maximum absolute atomic E-state index is 6.32. The minimum Gasteiger partial charge on any atom is -0.364 e. The first kappa shape index (κ1) is 13.2. The Balaban J connectivity index is 1.97. The summed E-state index contributed by atoms with van der Waals surface area (Å²) in [5.74, 6) is 0.759. The second-order valence-corrected chi connectivity index (χ2v) is 6.14. The zero-order valence-electron chi connectivity index (χ0n) is 11.3. The third-order valence-corrected chi connectivity index (χ3v) is 4.75. The van der Waals surface area contributed by atoms with E-state index in [1.165, 1.54) is 25.7 Å². The van der Waals surface area contributed by atoms with Crippen LogP contribution in [-0.2, 0) is 0 Å². The summed E-state index contributed by atoms with van der Waals surface area (Å²) in [5, 5.41) is 4.24. The van der Waals surface area contributed by atoms with Crippen LogP contribution < -0.4 is 5.32 Å². The van der Waals surface area contributed by atoms with E-state index >= 15 is 0 Å². The van der Waals surface area contributed by atoms with E-state index in [9.17, 15) is 0 Å². The van der Waals surface area contributed by atoms with Crippen LogP contribution in [0.4, 0.5) is 5.82 Å². The molecule has 0 atom stereocenters. The molecule has 0 spiro atoms. The number of aromatic nitrogens is 3. The number of hydrogen-bond acceptors (Lipinski definition) is 3.